The largest absolute Gasteiger partial charge is 0.467 e. The van der Waals surface area contributed by atoms with E-state index in [2.05, 4.69) is 77.6 Å². The number of H-pyrrole nitrogens is 1. The minimum atomic E-state index is -0.363. The first-order valence-corrected chi connectivity index (χ1v) is 17.1. The lowest BCUT2D eigenvalue weighted by molar-refractivity contribution is 0.379. The molecule has 0 unspecified atom stereocenters. The highest BCUT2D eigenvalue weighted by Crippen LogP contribution is 2.27. The van der Waals surface area contributed by atoms with Gasteiger partial charge in [-0.15, -0.1) is 0 Å². The standard InChI is InChI=1S/C18H15BrN6O.C17H13BrN6O/c1-26-18-21-9-12(10-22-18)8-20-16-7-15(13-5-3-2-4-6-13)24-17-14(19)11-23-25(16)17;18-13-10-22-24-15(19-7-11-8-20-17(25)21-9-11)6-14(23-16(13)24)12-4-2-1-3-5-12/h2-7,9-11,20H,8H2,1H3;1-6,8-10,19H,7H2,(H,20,21,25). The van der Waals surface area contributed by atoms with Crippen LogP contribution in [-0.4, -0.2) is 56.2 Å². The molecule has 6 aromatic heterocycles. The molecule has 8 aromatic rings. The van der Waals surface area contributed by atoms with Crippen LogP contribution in [0.15, 0.2) is 124 Å². The number of methoxy groups -OCH3 is 1. The highest BCUT2D eigenvalue weighted by molar-refractivity contribution is 9.11. The summed E-state index contributed by atoms with van der Waals surface area (Å²) in [6.07, 6.45) is 10.1. The molecular weight excluding hydrogens is 780 g/mol. The van der Waals surface area contributed by atoms with E-state index in [-0.39, 0.29) is 5.69 Å². The van der Waals surface area contributed by atoms with Gasteiger partial charge < -0.3 is 20.4 Å². The number of fused-ring (bicyclic) bond motifs is 2. The van der Waals surface area contributed by atoms with E-state index in [0.717, 1.165) is 65.5 Å². The van der Waals surface area contributed by atoms with Crippen molar-refractivity contribution in [2.75, 3.05) is 17.7 Å². The summed E-state index contributed by atoms with van der Waals surface area (Å²) in [6.45, 7) is 1.05. The molecule has 0 aliphatic carbocycles. The number of aromatic amines is 1. The van der Waals surface area contributed by atoms with Crippen LogP contribution in [0.2, 0.25) is 0 Å². The zero-order valence-electron chi connectivity index (χ0n) is 26.9. The van der Waals surface area contributed by atoms with Crippen LogP contribution in [0.4, 0.5) is 11.6 Å². The number of hydrogen-bond donors (Lipinski definition) is 3. The summed E-state index contributed by atoms with van der Waals surface area (Å²) in [5, 5.41) is 15.4. The summed E-state index contributed by atoms with van der Waals surface area (Å²) in [4.78, 5) is 35.0. The lowest BCUT2D eigenvalue weighted by Crippen LogP contribution is -2.12. The molecule has 14 nitrogen and oxygen atoms in total. The maximum Gasteiger partial charge on any atom is 0.344 e. The van der Waals surface area contributed by atoms with Crippen LogP contribution in [0, 0.1) is 0 Å². The van der Waals surface area contributed by atoms with Gasteiger partial charge >= 0.3 is 11.7 Å². The molecule has 0 saturated heterocycles. The van der Waals surface area contributed by atoms with Crippen LogP contribution in [-0.2, 0) is 13.1 Å². The second kappa shape index (κ2) is 15.3. The lowest BCUT2D eigenvalue weighted by Gasteiger charge is -2.11. The second-order valence-electron chi connectivity index (χ2n) is 11.0. The Hall–Kier alpha value is -6.00. The number of hydrogen-bond acceptors (Lipinski definition) is 11. The van der Waals surface area contributed by atoms with Crippen molar-refractivity contribution in [1.82, 2.24) is 49.1 Å². The van der Waals surface area contributed by atoms with Gasteiger partial charge in [-0.25, -0.2) is 29.7 Å². The number of nitrogens with one attached hydrogen (secondary N) is 3. The van der Waals surface area contributed by atoms with Gasteiger partial charge in [0.25, 0.3) is 0 Å². The van der Waals surface area contributed by atoms with Crippen molar-refractivity contribution in [2.24, 2.45) is 0 Å². The Morgan fingerprint density at radius 2 is 1.18 bits per heavy atom. The Balaban J connectivity index is 0.000000159. The Bertz CT molecular complexity index is 2450. The SMILES string of the molecule is COc1ncc(CNc2cc(-c3ccccc3)nc3c(Br)cnn23)cn1.O=c1ncc(CNc2cc(-c3ccccc3)nc3c(Br)cnn23)c[nH]1. The Morgan fingerprint density at radius 3 is 1.65 bits per heavy atom. The van der Waals surface area contributed by atoms with Crippen molar-refractivity contribution in [1.29, 1.82) is 0 Å². The summed E-state index contributed by atoms with van der Waals surface area (Å²) < 4.78 is 10.1. The topological polar surface area (TPSA) is 165 Å². The smallest absolute Gasteiger partial charge is 0.344 e. The van der Waals surface area contributed by atoms with Crippen molar-refractivity contribution >= 4 is 54.8 Å². The molecule has 3 N–H and O–H groups in total. The molecule has 0 radical (unpaired) electrons. The Kier molecular flexibility index (Phi) is 10.0. The summed E-state index contributed by atoms with van der Waals surface area (Å²) in [5.74, 6) is 1.62. The molecule has 0 fully saturated rings. The van der Waals surface area contributed by atoms with Crippen molar-refractivity contribution in [2.45, 2.75) is 13.1 Å². The number of anilines is 2. The number of benzene rings is 2. The van der Waals surface area contributed by atoms with Crippen molar-refractivity contribution in [3.8, 4) is 28.5 Å². The number of ether oxygens (including phenoxy) is 1. The fourth-order valence-corrected chi connectivity index (χ4v) is 5.73. The first-order chi connectivity index (χ1) is 24.9. The summed E-state index contributed by atoms with van der Waals surface area (Å²) in [5.41, 5.74) is 6.68. The average molecular weight is 808 g/mol. The van der Waals surface area contributed by atoms with Crippen molar-refractivity contribution in [3.05, 3.63) is 141 Å². The van der Waals surface area contributed by atoms with Gasteiger partial charge in [-0.05, 0) is 31.9 Å². The molecule has 0 bridgehead atoms. The maximum atomic E-state index is 11.1. The molecule has 0 saturated carbocycles. The van der Waals surface area contributed by atoms with E-state index in [1.54, 1.807) is 53.3 Å². The third-order valence-electron chi connectivity index (χ3n) is 7.54. The molecule has 6 heterocycles. The zero-order chi connectivity index (χ0) is 35.2. The zero-order valence-corrected chi connectivity index (χ0v) is 30.1. The Labute approximate surface area is 307 Å². The molecule has 0 spiro atoms. The van der Waals surface area contributed by atoms with Crippen molar-refractivity contribution in [3.63, 3.8) is 0 Å². The quantitative estimate of drug-likeness (QED) is 0.147. The predicted molar refractivity (Wildman–Crippen MR) is 200 cm³/mol. The molecule has 254 valence electrons. The van der Waals surface area contributed by atoms with Crippen LogP contribution < -0.4 is 21.1 Å². The third kappa shape index (κ3) is 7.76. The molecule has 16 heteroatoms. The van der Waals surface area contributed by atoms with Gasteiger partial charge in [0.1, 0.15) is 11.6 Å². The number of aromatic nitrogens is 10. The highest BCUT2D eigenvalue weighted by atomic mass is 79.9. The van der Waals surface area contributed by atoms with Crippen LogP contribution in [0.3, 0.4) is 0 Å². The molecule has 0 atom stereocenters. The van der Waals surface area contributed by atoms with E-state index >= 15 is 0 Å². The first-order valence-electron chi connectivity index (χ1n) is 15.5. The predicted octanol–water partition coefficient (Wildman–Crippen LogP) is 6.42. The first kappa shape index (κ1) is 33.5. The molecule has 0 amide bonds. The van der Waals surface area contributed by atoms with E-state index in [1.807, 2.05) is 72.8 Å². The van der Waals surface area contributed by atoms with E-state index in [1.165, 1.54) is 0 Å². The average Bonchev–Trinajstić information content (AvgIpc) is 3.76. The monoisotopic (exact) mass is 806 g/mol. The van der Waals surface area contributed by atoms with Crippen molar-refractivity contribution < 1.29 is 4.74 Å². The maximum absolute atomic E-state index is 11.1. The molecule has 0 aliphatic rings. The number of rotatable bonds is 9. The van der Waals surface area contributed by atoms with Gasteiger partial charge in [-0.1, -0.05) is 60.7 Å². The number of halogens is 2. The second-order valence-corrected chi connectivity index (χ2v) is 12.7. The third-order valence-corrected chi connectivity index (χ3v) is 8.66. The van der Waals surface area contributed by atoms with E-state index < -0.39 is 0 Å². The summed E-state index contributed by atoms with van der Waals surface area (Å²) in [6, 6.07) is 24.3. The van der Waals surface area contributed by atoms with Gasteiger partial charge in [0.15, 0.2) is 11.3 Å². The fraction of sp³-hybridized carbons (Fsp3) is 0.0857. The molecule has 2 aromatic carbocycles. The van der Waals surface area contributed by atoms with Gasteiger partial charge in [0.05, 0.1) is 39.8 Å². The van der Waals surface area contributed by atoms with E-state index in [0.29, 0.717) is 19.1 Å². The van der Waals surface area contributed by atoms with Crippen LogP contribution in [0.5, 0.6) is 6.01 Å². The summed E-state index contributed by atoms with van der Waals surface area (Å²) in [7, 11) is 1.54. The normalized spacial score (nSPS) is 10.9. The van der Waals surface area contributed by atoms with Gasteiger partial charge in [-0.3, -0.25) is 0 Å². The molecule has 8 rings (SSSR count). The molecule has 51 heavy (non-hydrogen) atoms. The van der Waals surface area contributed by atoms with Crippen LogP contribution in [0.1, 0.15) is 11.1 Å². The lowest BCUT2D eigenvalue weighted by atomic mass is 10.1. The van der Waals surface area contributed by atoms with Gasteiger partial charge in [-0.2, -0.15) is 19.2 Å². The van der Waals surface area contributed by atoms with E-state index in [9.17, 15) is 4.79 Å². The van der Waals surface area contributed by atoms with Gasteiger partial charge in [0, 0.05) is 72.3 Å². The van der Waals surface area contributed by atoms with E-state index in [4.69, 9.17) is 9.72 Å². The minimum Gasteiger partial charge on any atom is -0.467 e. The van der Waals surface area contributed by atoms with Crippen LogP contribution in [0.25, 0.3) is 33.8 Å². The van der Waals surface area contributed by atoms with Gasteiger partial charge in [0.2, 0.25) is 0 Å². The molecular formula is C35H28Br2N12O2. The highest BCUT2D eigenvalue weighted by Gasteiger charge is 2.13. The fourth-order valence-electron chi connectivity index (χ4n) is 5.03. The number of nitrogens with zero attached hydrogens (tertiary/aromatic N) is 9. The molecule has 0 aliphatic heterocycles. The minimum absolute atomic E-state index is 0.349. The van der Waals surface area contributed by atoms with Crippen LogP contribution >= 0.6 is 31.9 Å². The Morgan fingerprint density at radius 1 is 0.686 bits per heavy atom. The summed E-state index contributed by atoms with van der Waals surface area (Å²) >= 11 is 7.00.